The highest BCUT2D eigenvalue weighted by molar-refractivity contribution is 5.19. The second-order valence-electron chi connectivity index (χ2n) is 4.03. The van der Waals surface area contributed by atoms with Crippen LogP contribution in [0, 0.1) is 5.92 Å². The van der Waals surface area contributed by atoms with E-state index in [-0.39, 0.29) is 6.10 Å². The molecule has 2 aliphatic rings. The van der Waals surface area contributed by atoms with Gasteiger partial charge >= 0.3 is 0 Å². The minimum atomic E-state index is -0.156. The van der Waals surface area contributed by atoms with Crippen LogP contribution in [-0.2, 0) is 0 Å². The van der Waals surface area contributed by atoms with Gasteiger partial charge in [0, 0.05) is 12.0 Å². The lowest BCUT2D eigenvalue weighted by atomic mass is 9.89. The second-order valence-corrected chi connectivity index (χ2v) is 4.03. The van der Waals surface area contributed by atoms with Crippen molar-refractivity contribution in [3.05, 3.63) is 24.3 Å². The minimum absolute atomic E-state index is 0.156. The molecule has 0 spiro atoms. The molecule has 0 bridgehead atoms. The molecule has 1 heterocycles. The molecular weight excluding hydrogens is 162 g/mol. The fourth-order valence-electron chi connectivity index (χ4n) is 2.30. The van der Waals surface area contributed by atoms with Crippen molar-refractivity contribution in [1.29, 1.82) is 0 Å². The van der Waals surface area contributed by atoms with E-state index >= 15 is 0 Å². The first kappa shape index (κ1) is 8.97. The van der Waals surface area contributed by atoms with Crippen molar-refractivity contribution >= 4 is 0 Å². The van der Waals surface area contributed by atoms with Gasteiger partial charge in [-0.2, -0.15) is 0 Å². The fraction of sp³-hybridized carbons (Fsp3) is 0.636. The summed E-state index contributed by atoms with van der Waals surface area (Å²) in [7, 11) is 2.14. The Labute approximate surface area is 79.6 Å². The summed E-state index contributed by atoms with van der Waals surface area (Å²) >= 11 is 0. The molecule has 1 saturated heterocycles. The van der Waals surface area contributed by atoms with Crippen LogP contribution in [0.1, 0.15) is 12.8 Å². The van der Waals surface area contributed by atoms with Gasteiger partial charge in [-0.1, -0.05) is 24.3 Å². The quantitative estimate of drug-likeness (QED) is 0.603. The van der Waals surface area contributed by atoms with Gasteiger partial charge in [-0.15, -0.1) is 0 Å². The van der Waals surface area contributed by atoms with Crippen LogP contribution in [0.2, 0.25) is 0 Å². The van der Waals surface area contributed by atoms with E-state index in [4.69, 9.17) is 0 Å². The van der Waals surface area contributed by atoms with Crippen molar-refractivity contribution in [2.45, 2.75) is 25.0 Å². The number of nitrogens with zero attached hydrogens (tertiary/aromatic N) is 1. The van der Waals surface area contributed by atoms with Gasteiger partial charge in [-0.3, -0.25) is 4.90 Å². The zero-order chi connectivity index (χ0) is 9.26. The van der Waals surface area contributed by atoms with E-state index in [1.165, 1.54) is 0 Å². The van der Waals surface area contributed by atoms with Crippen LogP contribution in [0.3, 0.4) is 0 Å². The largest absolute Gasteiger partial charge is 0.392 e. The topological polar surface area (TPSA) is 23.5 Å². The number of allylic oxidation sites excluding steroid dienone is 2. The lowest BCUT2D eigenvalue weighted by molar-refractivity contribution is 0.103. The molecule has 1 aliphatic carbocycles. The number of likely N-dealkylation sites (N-methyl/N-ethyl adjacent to an activating group) is 1. The predicted molar refractivity (Wildman–Crippen MR) is 53.4 cm³/mol. The molecule has 72 valence electrons. The highest BCUT2D eigenvalue weighted by atomic mass is 16.3. The summed E-state index contributed by atoms with van der Waals surface area (Å²) in [4.78, 5) is 2.33. The van der Waals surface area contributed by atoms with Gasteiger partial charge in [0.1, 0.15) is 0 Å². The predicted octanol–water partition coefficient (Wildman–Crippen LogP) is 1.18. The van der Waals surface area contributed by atoms with E-state index in [1.54, 1.807) is 0 Å². The van der Waals surface area contributed by atoms with Crippen molar-refractivity contribution in [2.75, 3.05) is 13.6 Å². The minimum Gasteiger partial charge on any atom is -0.392 e. The van der Waals surface area contributed by atoms with Gasteiger partial charge in [0.15, 0.2) is 0 Å². The lowest BCUT2D eigenvalue weighted by Crippen LogP contribution is -2.39. The Hall–Kier alpha value is -0.600. The van der Waals surface area contributed by atoms with Gasteiger partial charge in [0.05, 0.1) is 6.10 Å². The monoisotopic (exact) mass is 179 g/mol. The summed E-state index contributed by atoms with van der Waals surface area (Å²) in [5, 5.41) is 9.89. The molecule has 13 heavy (non-hydrogen) atoms. The van der Waals surface area contributed by atoms with Crippen molar-refractivity contribution in [2.24, 2.45) is 5.92 Å². The van der Waals surface area contributed by atoms with E-state index in [9.17, 15) is 5.11 Å². The highest BCUT2D eigenvalue weighted by Crippen LogP contribution is 2.26. The van der Waals surface area contributed by atoms with E-state index in [0.717, 1.165) is 19.4 Å². The van der Waals surface area contributed by atoms with E-state index in [1.807, 2.05) is 6.08 Å². The molecule has 1 aliphatic heterocycles. The molecule has 1 N–H and O–H groups in total. The van der Waals surface area contributed by atoms with E-state index in [0.29, 0.717) is 12.0 Å². The van der Waals surface area contributed by atoms with E-state index < -0.39 is 0 Å². The molecule has 1 fully saturated rings. The maximum absolute atomic E-state index is 9.89. The first-order chi connectivity index (χ1) is 6.29. The van der Waals surface area contributed by atoms with Crippen LogP contribution in [0.5, 0.6) is 0 Å². The molecule has 0 saturated carbocycles. The number of hydrogen-bond donors (Lipinski definition) is 1. The van der Waals surface area contributed by atoms with Crippen molar-refractivity contribution in [1.82, 2.24) is 4.90 Å². The number of aliphatic hydroxyl groups is 1. The molecule has 2 rings (SSSR count). The molecular formula is C11H17NO. The SMILES string of the molecule is CN1CCCC(O)C2C=CC=CC21. The maximum atomic E-state index is 9.89. The zero-order valence-corrected chi connectivity index (χ0v) is 8.06. The number of hydrogen-bond acceptors (Lipinski definition) is 2. The van der Waals surface area contributed by atoms with Crippen LogP contribution in [0.4, 0.5) is 0 Å². The van der Waals surface area contributed by atoms with Gasteiger partial charge in [-0.05, 0) is 26.4 Å². The smallest absolute Gasteiger partial charge is 0.0621 e. The highest BCUT2D eigenvalue weighted by Gasteiger charge is 2.30. The van der Waals surface area contributed by atoms with Crippen LogP contribution in [0.25, 0.3) is 0 Å². The molecule has 3 unspecified atom stereocenters. The molecule has 2 nitrogen and oxygen atoms in total. The summed E-state index contributed by atoms with van der Waals surface area (Å²) in [5.74, 6) is 0.303. The van der Waals surface area contributed by atoms with Crippen molar-refractivity contribution in [3.63, 3.8) is 0 Å². The van der Waals surface area contributed by atoms with Gasteiger partial charge in [0.2, 0.25) is 0 Å². The van der Waals surface area contributed by atoms with Crippen LogP contribution < -0.4 is 0 Å². The number of likely N-dealkylation sites (tertiary alicyclic amines) is 1. The summed E-state index contributed by atoms with van der Waals surface area (Å²) in [6.07, 6.45) is 10.3. The molecule has 0 amide bonds. The third-order valence-corrected chi connectivity index (χ3v) is 3.11. The number of aliphatic hydroxyl groups excluding tert-OH is 1. The molecule has 0 aromatic heterocycles. The number of fused-ring (bicyclic) bond motifs is 1. The molecule has 2 heteroatoms. The third kappa shape index (κ3) is 1.69. The second kappa shape index (κ2) is 3.64. The summed E-state index contributed by atoms with van der Waals surface area (Å²) in [5.41, 5.74) is 0. The maximum Gasteiger partial charge on any atom is 0.0621 e. The Morgan fingerprint density at radius 2 is 2.08 bits per heavy atom. The Kier molecular flexibility index (Phi) is 2.51. The van der Waals surface area contributed by atoms with Gasteiger partial charge in [-0.25, -0.2) is 0 Å². The Morgan fingerprint density at radius 3 is 2.92 bits per heavy atom. The van der Waals surface area contributed by atoms with Crippen LogP contribution >= 0.6 is 0 Å². The Morgan fingerprint density at radius 1 is 1.31 bits per heavy atom. The van der Waals surface area contributed by atoms with Crippen molar-refractivity contribution < 1.29 is 5.11 Å². The summed E-state index contributed by atoms with van der Waals surface area (Å²) in [6.45, 7) is 1.09. The third-order valence-electron chi connectivity index (χ3n) is 3.11. The first-order valence-electron chi connectivity index (χ1n) is 5.02. The average Bonchev–Trinajstić information content (AvgIpc) is 2.29. The normalized spacial score (nSPS) is 40.0. The molecule has 0 aromatic rings. The Balaban J connectivity index is 2.20. The van der Waals surface area contributed by atoms with Gasteiger partial charge in [0.25, 0.3) is 0 Å². The fourth-order valence-corrected chi connectivity index (χ4v) is 2.30. The average molecular weight is 179 g/mol. The molecule has 0 aromatic carbocycles. The van der Waals surface area contributed by atoms with Crippen molar-refractivity contribution in [3.8, 4) is 0 Å². The summed E-state index contributed by atoms with van der Waals surface area (Å²) in [6, 6.07) is 0.405. The van der Waals surface area contributed by atoms with Gasteiger partial charge < -0.3 is 5.11 Å². The molecule has 0 radical (unpaired) electrons. The van der Waals surface area contributed by atoms with E-state index in [2.05, 4.69) is 30.2 Å². The first-order valence-corrected chi connectivity index (χ1v) is 5.02. The van der Waals surface area contributed by atoms with Crippen LogP contribution in [0.15, 0.2) is 24.3 Å². The van der Waals surface area contributed by atoms with Crippen LogP contribution in [-0.4, -0.2) is 35.7 Å². The standard InChI is InChI=1S/C11H17NO/c1-12-8-4-7-11(13)9-5-2-3-6-10(9)12/h2-3,5-6,9-11,13H,4,7-8H2,1H3. The zero-order valence-electron chi connectivity index (χ0n) is 8.06. The number of rotatable bonds is 0. The Bertz CT molecular complexity index is 210. The lowest BCUT2D eigenvalue weighted by Gasteiger charge is -2.31. The molecule has 3 atom stereocenters. The summed E-state index contributed by atoms with van der Waals surface area (Å²) < 4.78 is 0.